The van der Waals surface area contributed by atoms with E-state index in [1.54, 1.807) is 6.08 Å². The zero-order valence-corrected chi connectivity index (χ0v) is 60.4. The molecule has 0 radical (unpaired) electrons. The highest BCUT2D eigenvalue weighted by Crippen LogP contribution is 1.93. The molecule has 40 heteroatoms. The van der Waals surface area contributed by atoms with Gasteiger partial charge in [-0.3, -0.25) is 26.3 Å². The maximum Gasteiger partial charge on any atom is 0.264 e. The van der Waals surface area contributed by atoms with Gasteiger partial charge in [0.25, 0.3) is 40.5 Å². The molecule has 0 aliphatic rings. The van der Waals surface area contributed by atoms with E-state index >= 15 is 0 Å². The van der Waals surface area contributed by atoms with Crippen molar-refractivity contribution in [1.29, 1.82) is 0 Å². The third kappa shape index (κ3) is 127. The van der Waals surface area contributed by atoms with E-state index in [0.29, 0.717) is 164 Å². The van der Waals surface area contributed by atoms with Crippen LogP contribution in [0.15, 0.2) is 38.2 Å². The highest BCUT2D eigenvalue weighted by Gasteiger charge is 2.05. The molecule has 0 fully saturated rings. The number of halogens is 1. The normalized spacial score (nSPS) is 11.2. The fraction of sp³-hybridized carbons (Fsp3) is 0.830. The summed E-state index contributed by atoms with van der Waals surface area (Å²) in [5.41, 5.74) is 0. The molecule has 0 aromatic carbocycles. The molecule has 0 saturated carbocycles. The van der Waals surface area contributed by atoms with Crippen LogP contribution in [0.2, 0.25) is 0 Å². The van der Waals surface area contributed by atoms with E-state index in [0.717, 1.165) is 37.6 Å². The molecular weight excluding hydrogens is 1370 g/mol. The predicted molar refractivity (Wildman–Crippen MR) is 348 cm³/mol. The van der Waals surface area contributed by atoms with Crippen LogP contribution in [0.25, 0.3) is 0 Å². The minimum Gasteiger partial charge on any atom is -0.394 e. The Bertz CT molecular complexity index is 1980. The molecule has 0 saturated heterocycles. The molecule has 0 aromatic heterocycles. The fourth-order valence-electron chi connectivity index (χ4n) is 4.73. The van der Waals surface area contributed by atoms with Crippen molar-refractivity contribution < 1.29 is 140 Å². The molecule has 0 aliphatic carbocycles. The van der Waals surface area contributed by atoms with E-state index in [9.17, 15) is 56.5 Å². The maximum atomic E-state index is 10.6. The van der Waals surface area contributed by atoms with Crippen LogP contribution in [0.5, 0.6) is 0 Å². The van der Waals surface area contributed by atoms with Gasteiger partial charge in [0, 0.05) is 30.2 Å². The number of allylic oxidation sites excluding steroid dienone is 1. The van der Waals surface area contributed by atoms with Crippen LogP contribution >= 0.6 is 10.7 Å². The number of carbonyl (C=O) groups excluding carboxylic acids is 3. The Morgan fingerprint density at radius 1 is 0.344 bits per heavy atom. The van der Waals surface area contributed by atoms with Gasteiger partial charge in [0.05, 0.1) is 229 Å². The Kier molecular flexibility index (Phi) is 87.0. The third-order valence-electron chi connectivity index (χ3n) is 8.88. The van der Waals surface area contributed by atoms with Crippen molar-refractivity contribution in [1.82, 2.24) is 14.7 Å². The van der Waals surface area contributed by atoms with Gasteiger partial charge >= 0.3 is 0 Å². The van der Waals surface area contributed by atoms with Crippen molar-refractivity contribution >= 4 is 79.3 Å². The predicted octanol–water partition coefficient (Wildman–Crippen LogP) is -0.468. The highest BCUT2D eigenvalue weighted by atomic mass is 35.7. The zero-order chi connectivity index (χ0) is 72.2. The smallest absolute Gasteiger partial charge is 0.264 e. The van der Waals surface area contributed by atoms with Crippen molar-refractivity contribution in [3.8, 4) is 0 Å². The standard InChI is InChI=1S/C14H24N2O5.2C10H22O9S2.C8H18O5.C6H15N.C4H6O.CH3ClO2S/c1-3-15(13-17)5-7-19-9-11-21-12-10-20-8-6-16(4-2)14-18;2*1-20(11,12)18-9-7-16-5-3-15-4-6-17-8-10-19-21(2,13)14;9-1-3-11-5-7-13-8-6-12-4-2-10;1-4-7(5-2)6-3;1-2-3-4-5;1-5(2,3)4/h3-4,13-14H,1-2,5-12H2;2*3-10H2,1-2H3;9-10H,1-8H2;4-6H2,1-3H3;2,4H,1,3H2;1H3. The molecule has 0 unspecified atom stereocenters. The summed E-state index contributed by atoms with van der Waals surface area (Å²) < 4.78 is 183. The number of nitrogens with zero attached hydrogens (tertiary/aromatic N) is 3. The summed E-state index contributed by atoms with van der Waals surface area (Å²) in [6, 6.07) is 0. The number of aliphatic hydroxyl groups is 2. The molecule has 0 rings (SSSR count). The average Bonchev–Trinajstić information content (AvgIpc) is 3.49. The molecule has 2 N–H and O–H groups in total. The minimum atomic E-state index is -3.42. The zero-order valence-electron chi connectivity index (χ0n) is 55.5. The SMILES string of the molecule is C=CCC=O.C=CN(C=O)CCOCCOCCOCCN(C=C)C=O.CCN(CC)CC.CS(=O)(=O)Cl.CS(=O)(=O)OCCOCCOCCOCCOS(C)(=O)=O.CS(=O)(=O)OCCOCCOCCOCCOS(C)(=O)=O.OCCOCCOCCOCCO. The molecule has 0 bridgehead atoms. The number of aliphatic hydroxyl groups excluding tert-OH is 2. The summed E-state index contributed by atoms with van der Waals surface area (Å²) in [6.45, 7) is 30.0. The van der Waals surface area contributed by atoms with Crippen molar-refractivity contribution in [2.45, 2.75) is 27.2 Å². The number of rotatable bonds is 59. The molecular formula is C53H110ClN3O31S5. The highest BCUT2D eigenvalue weighted by molar-refractivity contribution is 8.13. The van der Waals surface area contributed by atoms with Gasteiger partial charge in [-0.15, -0.1) is 6.58 Å². The van der Waals surface area contributed by atoms with Crippen LogP contribution in [0.3, 0.4) is 0 Å². The molecule has 0 atom stereocenters. The van der Waals surface area contributed by atoms with Gasteiger partial charge in [-0.05, 0) is 32.0 Å². The van der Waals surface area contributed by atoms with Gasteiger partial charge in [0.15, 0.2) is 0 Å². The Balaban J connectivity index is -0.000000197. The number of hydrogen-bond donors (Lipinski definition) is 2. The van der Waals surface area contributed by atoms with E-state index in [1.807, 2.05) is 0 Å². The minimum absolute atomic E-state index is 0.0255. The Labute approximate surface area is 559 Å². The molecule has 560 valence electrons. The van der Waals surface area contributed by atoms with E-state index in [2.05, 4.69) is 72.8 Å². The van der Waals surface area contributed by atoms with Gasteiger partial charge in [0.1, 0.15) is 6.29 Å². The Hall–Kier alpha value is -2.89. The molecule has 0 aliphatic heterocycles. The second kappa shape index (κ2) is 78.1. The number of ether oxygens (including phenoxy) is 12. The Morgan fingerprint density at radius 3 is 0.645 bits per heavy atom. The average molecular weight is 1480 g/mol. The first-order valence-electron chi connectivity index (χ1n) is 28.7. The van der Waals surface area contributed by atoms with E-state index in [1.165, 1.54) is 41.8 Å². The van der Waals surface area contributed by atoms with Gasteiger partial charge in [-0.1, -0.05) is 40.0 Å². The lowest BCUT2D eigenvalue weighted by atomic mass is 10.5. The number of carbonyl (C=O) groups is 3. The van der Waals surface area contributed by atoms with Crippen LogP contribution in [-0.2, 0) is 137 Å². The van der Waals surface area contributed by atoms with Gasteiger partial charge in [0.2, 0.25) is 21.9 Å². The second-order valence-corrected chi connectivity index (χ2v) is 26.6. The summed E-state index contributed by atoms with van der Waals surface area (Å²) in [5, 5.41) is 16.7. The first kappa shape index (κ1) is 104. The Morgan fingerprint density at radius 2 is 0.527 bits per heavy atom. The number of hydrogen-bond acceptors (Lipinski definition) is 32. The van der Waals surface area contributed by atoms with Crippen LogP contribution in [0, 0.1) is 0 Å². The van der Waals surface area contributed by atoms with Crippen molar-refractivity contribution in [3.05, 3.63) is 38.2 Å². The van der Waals surface area contributed by atoms with Crippen molar-refractivity contribution in [2.75, 3.05) is 262 Å². The van der Waals surface area contributed by atoms with Gasteiger partial charge in [-0.2, -0.15) is 33.7 Å². The third-order valence-corrected chi connectivity index (χ3v) is 11.3. The van der Waals surface area contributed by atoms with E-state index in [-0.39, 0.29) is 66.1 Å². The van der Waals surface area contributed by atoms with Crippen LogP contribution in [0.1, 0.15) is 27.2 Å². The van der Waals surface area contributed by atoms with E-state index in [4.69, 9.17) is 67.1 Å². The van der Waals surface area contributed by atoms with Gasteiger partial charge < -0.3 is 86.5 Å². The lowest BCUT2D eigenvalue weighted by Gasteiger charge is -2.13. The molecule has 0 heterocycles. The monoisotopic (exact) mass is 1480 g/mol. The summed E-state index contributed by atoms with van der Waals surface area (Å²) in [7, 11) is -12.4. The quantitative estimate of drug-likeness (QED) is 0.0256. The maximum absolute atomic E-state index is 10.6. The summed E-state index contributed by atoms with van der Waals surface area (Å²) in [4.78, 5) is 35.4. The van der Waals surface area contributed by atoms with Crippen LogP contribution in [0.4, 0.5) is 0 Å². The molecule has 0 aromatic rings. The van der Waals surface area contributed by atoms with Crippen molar-refractivity contribution in [2.24, 2.45) is 0 Å². The lowest BCUT2D eigenvalue weighted by Crippen LogP contribution is -2.22. The molecule has 93 heavy (non-hydrogen) atoms. The largest absolute Gasteiger partial charge is 0.394 e. The van der Waals surface area contributed by atoms with E-state index < -0.39 is 49.5 Å². The van der Waals surface area contributed by atoms with Crippen LogP contribution < -0.4 is 0 Å². The number of amides is 2. The summed E-state index contributed by atoms with van der Waals surface area (Å²) >= 11 is 0. The second-order valence-electron chi connectivity index (χ2n) is 16.9. The topological polar surface area (TPSA) is 420 Å². The fourth-order valence-corrected chi connectivity index (χ4v) is 6.21. The summed E-state index contributed by atoms with van der Waals surface area (Å²) in [6.07, 6.45) is 11.9. The first-order chi connectivity index (χ1) is 43.9. The number of aldehydes is 1. The van der Waals surface area contributed by atoms with Gasteiger partial charge in [-0.25, -0.2) is 8.42 Å². The molecule has 0 spiro atoms. The molecule has 2 amide bonds. The van der Waals surface area contributed by atoms with Crippen LogP contribution in [-0.4, -0.2) is 348 Å². The summed E-state index contributed by atoms with van der Waals surface area (Å²) in [5.74, 6) is 0. The first-order valence-corrected chi connectivity index (χ1v) is 38.7. The van der Waals surface area contributed by atoms with Crippen molar-refractivity contribution in [3.63, 3.8) is 0 Å². The lowest BCUT2D eigenvalue weighted by molar-refractivity contribution is -0.117. The molecule has 34 nitrogen and oxygen atoms in total.